The Hall–Kier alpha value is -1.17. The lowest BCUT2D eigenvalue weighted by Crippen LogP contribution is -2.43. The smallest absolute Gasteiger partial charge is 0.191 e. The molecule has 132 valence electrons. The monoisotopic (exact) mass is 340 g/mol. The fourth-order valence-corrected chi connectivity index (χ4v) is 2.39. The first-order valence-corrected chi connectivity index (χ1v) is 9.71. The molecule has 1 heterocycles. The maximum atomic E-state index is 5.43. The quantitative estimate of drug-likeness (QED) is 0.529. The van der Waals surface area contributed by atoms with Crippen molar-refractivity contribution in [3.05, 3.63) is 17.5 Å². The Morgan fingerprint density at radius 3 is 2.57 bits per heavy atom. The zero-order valence-corrected chi connectivity index (χ0v) is 16.2. The molecule has 5 nitrogen and oxygen atoms in total. The first-order chi connectivity index (χ1) is 11.0. The van der Waals surface area contributed by atoms with Crippen LogP contribution < -0.4 is 10.6 Å². The van der Waals surface area contributed by atoms with Crippen molar-refractivity contribution in [1.82, 2.24) is 15.8 Å². The zero-order chi connectivity index (χ0) is 17.3. The number of hydrogen-bond donors (Lipinski definition) is 2. The highest BCUT2D eigenvalue weighted by Crippen LogP contribution is 2.22. The van der Waals surface area contributed by atoms with E-state index in [2.05, 4.69) is 61.7 Å². The molecule has 0 aromatic carbocycles. The lowest BCUT2D eigenvalue weighted by molar-refractivity contribution is 0.372. The van der Waals surface area contributed by atoms with Crippen molar-refractivity contribution in [1.29, 1.82) is 0 Å². The molecular weight excluding hydrogens is 308 g/mol. The van der Waals surface area contributed by atoms with Crippen molar-refractivity contribution >= 4 is 17.7 Å². The Morgan fingerprint density at radius 2 is 2.00 bits per heavy atom. The molecule has 0 fully saturated rings. The van der Waals surface area contributed by atoms with Gasteiger partial charge in [-0.3, -0.25) is 0 Å². The minimum Gasteiger partial charge on any atom is -0.359 e. The molecule has 0 saturated carbocycles. The molecule has 0 unspecified atom stereocenters. The van der Waals surface area contributed by atoms with Gasteiger partial charge in [0.05, 0.1) is 5.69 Å². The highest BCUT2D eigenvalue weighted by Gasteiger charge is 2.16. The van der Waals surface area contributed by atoms with Crippen LogP contribution in [-0.4, -0.2) is 35.2 Å². The molecule has 0 aliphatic rings. The van der Waals surface area contributed by atoms with E-state index >= 15 is 0 Å². The van der Waals surface area contributed by atoms with Gasteiger partial charge in [-0.05, 0) is 39.9 Å². The van der Waals surface area contributed by atoms with E-state index in [1.54, 1.807) is 0 Å². The third kappa shape index (κ3) is 6.85. The van der Waals surface area contributed by atoms with Crippen molar-refractivity contribution in [2.45, 2.75) is 64.7 Å². The summed E-state index contributed by atoms with van der Waals surface area (Å²) < 4.78 is 5.60. The fourth-order valence-electron chi connectivity index (χ4n) is 2.17. The molecule has 1 aromatic rings. The van der Waals surface area contributed by atoms with Crippen LogP contribution in [0.25, 0.3) is 0 Å². The third-order valence-electron chi connectivity index (χ3n) is 3.95. The van der Waals surface area contributed by atoms with Gasteiger partial charge in [-0.15, -0.1) is 0 Å². The number of aromatic nitrogens is 1. The summed E-state index contributed by atoms with van der Waals surface area (Å²) >= 11 is 1.84. The van der Waals surface area contributed by atoms with E-state index in [-0.39, 0.29) is 4.75 Å². The van der Waals surface area contributed by atoms with Gasteiger partial charge >= 0.3 is 0 Å². The van der Waals surface area contributed by atoms with Crippen molar-refractivity contribution in [3.63, 3.8) is 0 Å². The molecule has 6 heteroatoms. The second-order valence-electron chi connectivity index (χ2n) is 6.24. The van der Waals surface area contributed by atoms with E-state index in [0.29, 0.717) is 12.5 Å². The Labute approximate surface area is 145 Å². The molecule has 0 aliphatic carbocycles. The van der Waals surface area contributed by atoms with Gasteiger partial charge in [-0.25, -0.2) is 4.99 Å². The standard InChI is InChI=1S/C17H32N4OS/c1-7-13(8-2)15-10-14(22-21-15)11-19-16(18-9-3)20-12-17(4,5)23-6/h10,13H,7-9,11-12H2,1-6H3,(H2,18,19,20). The second-order valence-corrected chi connectivity index (χ2v) is 7.76. The Bertz CT molecular complexity index is 481. The number of nitrogens with zero attached hydrogens (tertiary/aromatic N) is 2. The molecule has 2 N–H and O–H groups in total. The number of thioether (sulfide) groups is 1. The van der Waals surface area contributed by atoms with Crippen LogP contribution in [0, 0.1) is 0 Å². The van der Waals surface area contributed by atoms with Gasteiger partial charge in [0.1, 0.15) is 6.54 Å². The molecular formula is C17H32N4OS. The van der Waals surface area contributed by atoms with Crippen molar-refractivity contribution in [2.75, 3.05) is 19.3 Å². The Kier molecular flexibility index (Phi) is 8.52. The summed E-state index contributed by atoms with van der Waals surface area (Å²) in [4.78, 5) is 4.60. The van der Waals surface area contributed by atoms with Gasteiger partial charge in [-0.1, -0.05) is 19.0 Å². The van der Waals surface area contributed by atoms with Crippen molar-refractivity contribution in [2.24, 2.45) is 4.99 Å². The average molecular weight is 341 g/mol. The van der Waals surface area contributed by atoms with E-state index in [9.17, 15) is 0 Å². The van der Waals surface area contributed by atoms with Crippen LogP contribution in [0.1, 0.15) is 64.8 Å². The SMILES string of the molecule is CCNC(=NCc1cc(C(CC)CC)no1)NCC(C)(C)SC. The molecule has 0 atom stereocenters. The molecule has 0 aliphatic heterocycles. The van der Waals surface area contributed by atoms with Crippen LogP contribution in [0.4, 0.5) is 0 Å². The predicted octanol–water partition coefficient (Wildman–Crippen LogP) is 3.77. The minimum absolute atomic E-state index is 0.172. The van der Waals surface area contributed by atoms with Gasteiger partial charge in [0.2, 0.25) is 0 Å². The van der Waals surface area contributed by atoms with Crippen LogP contribution in [-0.2, 0) is 6.54 Å². The maximum Gasteiger partial charge on any atom is 0.191 e. The highest BCUT2D eigenvalue weighted by molar-refractivity contribution is 7.99. The maximum absolute atomic E-state index is 5.43. The molecule has 0 bridgehead atoms. The van der Waals surface area contributed by atoms with E-state index < -0.39 is 0 Å². The summed E-state index contributed by atoms with van der Waals surface area (Å²) in [6.07, 6.45) is 4.29. The van der Waals surface area contributed by atoms with Gasteiger partial charge in [0, 0.05) is 29.8 Å². The fraction of sp³-hybridized carbons (Fsp3) is 0.765. The average Bonchev–Trinajstić information content (AvgIpc) is 3.00. The van der Waals surface area contributed by atoms with Crippen LogP contribution in [0.2, 0.25) is 0 Å². The molecule has 0 amide bonds. The zero-order valence-electron chi connectivity index (χ0n) is 15.4. The van der Waals surface area contributed by atoms with Gasteiger partial charge < -0.3 is 15.2 Å². The molecule has 1 aromatic heterocycles. The number of rotatable bonds is 9. The molecule has 1 rings (SSSR count). The summed E-state index contributed by atoms with van der Waals surface area (Å²) in [5.74, 6) is 2.11. The van der Waals surface area contributed by atoms with Crippen molar-refractivity contribution in [3.8, 4) is 0 Å². The lowest BCUT2D eigenvalue weighted by atomic mass is 9.99. The van der Waals surface area contributed by atoms with Crippen LogP contribution in [0.5, 0.6) is 0 Å². The molecule has 23 heavy (non-hydrogen) atoms. The highest BCUT2D eigenvalue weighted by atomic mass is 32.2. The van der Waals surface area contributed by atoms with E-state index in [1.165, 1.54) is 0 Å². The van der Waals surface area contributed by atoms with Gasteiger partial charge in [-0.2, -0.15) is 11.8 Å². The van der Waals surface area contributed by atoms with Crippen LogP contribution >= 0.6 is 11.8 Å². The predicted molar refractivity (Wildman–Crippen MR) is 100 cm³/mol. The summed E-state index contributed by atoms with van der Waals surface area (Å²) in [7, 11) is 0. The first kappa shape index (κ1) is 19.9. The number of nitrogens with one attached hydrogen (secondary N) is 2. The second kappa shape index (κ2) is 9.85. The summed E-state index contributed by atoms with van der Waals surface area (Å²) in [6, 6.07) is 2.04. The molecule has 0 saturated heterocycles. The lowest BCUT2D eigenvalue weighted by Gasteiger charge is -2.23. The molecule has 0 spiro atoms. The largest absolute Gasteiger partial charge is 0.359 e. The van der Waals surface area contributed by atoms with Crippen molar-refractivity contribution < 1.29 is 4.52 Å². The number of aliphatic imine (C=N–C) groups is 1. The van der Waals surface area contributed by atoms with Gasteiger partial charge in [0.25, 0.3) is 0 Å². The minimum atomic E-state index is 0.172. The summed E-state index contributed by atoms with van der Waals surface area (Å²) in [6.45, 7) is 13.1. The van der Waals surface area contributed by atoms with E-state index in [1.807, 2.05) is 17.8 Å². The normalized spacial score (nSPS) is 12.7. The van der Waals surface area contributed by atoms with E-state index in [0.717, 1.165) is 43.3 Å². The topological polar surface area (TPSA) is 62.5 Å². The summed E-state index contributed by atoms with van der Waals surface area (Å²) in [5.41, 5.74) is 1.04. The number of guanidine groups is 1. The van der Waals surface area contributed by atoms with E-state index in [4.69, 9.17) is 4.52 Å². The van der Waals surface area contributed by atoms with Crippen LogP contribution in [0.3, 0.4) is 0 Å². The first-order valence-electron chi connectivity index (χ1n) is 8.48. The Balaban J connectivity index is 2.66. The summed E-state index contributed by atoms with van der Waals surface area (Å²) in [5, 5.41) is 10.9. The molecule has 0 radical (unpaired) electrons. The third-order valence-corrected chi connectivity index (χ3v) is 5.20. The van der Waals surface area contributed by atoms with Gasteiger partial charge in [0.15, 0.2) is 11.7 Å². The Morgan fingerprint density at radius 1 is 1.30 bits per heavy atom. The number of hydrogen-bond acceptors (Lipinski definition) is 4. The van der Waals surface area contributed by atoms with Crippen LogP contribution in [0.15, 0.2) is 15.6 Å².